The van der Waals surface area contributed by atoms with E-state index in [1.165, 1.54) is 23.1 Å². The standard InChI is InChI=1S/C31H24ClN3O2S2/c1-20-10-12-23(13-11-20)29(36)33-25-8-5-9-26(18-25)39-28(22-6-3-2-4-7-22)30(37)35-31-34-27(19-38-31)21-14-16-24(32)17-15-21/h2-19,28H,1H3,(H,33,36)(H,34,35,37). The summed E-state index contributed by atoms with van der Waals surface area (Å²) >= 11 is 8.79. The van der Waals surface area contributed by atoms with Crippen LogP contribution < -0.4 is 10.6 Å². The third kappa shape index (κ3) is 6.95. The van der Waals surface area contributed by atoms with Crippen LogP contribution in [-0.2, 0) is 4.79 Å². The first kappa shape index (κ1) is 26.7. The number of halogens is 1. The third-order valence-electron chi connectivity index (χ3n) is 5.87. The Kier molecular flexibility index (Phi) is 8.42. The molecule has 0 aliphatic carbocycles. The summed E-state index contributed by atoms with van der Waals surface area (Å²) in [4.78, 5) is 31.7. The van der Waals surface area contributed by atoms with Gasteiger partial charge in [0, 0.05) is 32.1 Å². The Bertz CT molecular complexity index is 1590. The lowest BCUT2D eigenvalue weighted by molar-refractivity contribution is -0.115. The van der Waals surface area contributed by atoms with Gasteiger partial charge in [-0.2, -0.15) is 0 Å². The van der Waals surface area contributed by atoms with Crippen molar-refractivity contribution < 1.29 is 9.59 Å². The summed E-state index contributed by atoms with van der Waals surface area (Å²) in [6.45, 7) is 1.98. The largest absolute Gasteiger partial charge is 0.322 e. The number of aromatic nitrogens is 1. The van der Waals surface area contributed by atoms with Gasteiger partial charge in [-0.1, -0.05) is 77.8 Å². The second kappa shape index (κ2) is 12.3. The normalized spacial score (nSPS) is 11.5. The van der Waals surface area contributed by atoms with Gasteiger partial charge in [-0.15, -0.1) is 23.1 Å². The van der Waals surface area contributed by atoms with Crippen molar-refractivity contribution in [2.24, 2.45) is 0 Å². The highest BCUT2D eigenvalue weighted by molar-refractivity contribution is 8.00. The average Bonchev–Trinajstić information content (AvgIpc) is 3.41. The summed E-state index contributed by atoms with van der Waals surface area (Å²) in [5.41, 5.74) is 4.90. The summed E-state index contributed by atoms with van der Waals surface area (Å²) in [5, 5.41) is 8.49. The molecule has 2 N–H and O–H groups in total. The van der Waals surface area contributed by atoms with E-state index in [0.29, 0.717) is 21.4 Å². The third-order valence-corrected chi connectivity index (χ3v) is 8.13. The Morgan fingerprint density at radius 3 is 2.36 bits per heavy atom. The predicted molar refractivity (Wildman–Crippen MR) is 162 cm³/mol. The number of aryl methyl sites for hydroxylation is 1. The smallest absolute Gasteiger partial charge is 0.255 e. The van der Waals surface area contributed by atoms with E-state index in [1.807, 2.05) is 103 Å². The van der Waals surface area contributed by atoms with Crippen molar-refractivity contribution >= 4 is 57.3 Å². The first-order valence-electron chi connectivity index (χ1n) is 12.2. The maximum Gasteiger partial charge on any atom is 0.255 e. The summed E-state index contributed by atoms with van der Waals surface area (Å²) < 4.78 is 0. The minimum absolute atomic E-state index is 0.183. The van der Waals surface area contributed by atoms with Gasteiger partial charge in [0.2, 0.25) is 5.91 Å². The van der Waals surface area contributed by atoms with E-state index in [9.17, 15) is 9.59 Å². The molecule has 0 radical (unpaired) electrons. The minimum atomic E-state index is -0.530. The van der Waals surface area contributed by atoms with E-state index in [2.05, 4.69) is 15.6 Å². The first-order valence-corrected chi connectivity index (χ1v) is 14.3. The van der Waals surface area contributed by atoms with Crippen LogP contribution in [0.5, 0.6) is 0 Å². The van der Waals surface area contributed by atoms with Gasteiger partial charge in [0.25, 0.3) is 5.91 Å². The predicted octanol–water partition coefficient (Wildman–Crippen LogP) is 8.50. The highest BCUT2D eigenvalue weighted by Gasteiger charge is 2.23. The van der Waals surface area contributed by atoms with Gasteiger partial charge in [0.05, 0.1) is 5.69 Å². The van der Waals surface area contributed by atoms with E-state index in [4.69, 9.17) is 11.6 Å². The van der Waals surface area contributed by atoms with Gasteiger partial charge in [-0.3, -0.25) is 9.59 Å². The average molecular weight is 570 g/mol. The van der Waals surface area contributed by atoms with Gasteiger partial charge in [-0.25, -0.2) is 4.98 Å². The van der Waals surface area contributed by atoms with Crippen LogP contribution in [0, 0.1) is 6.92 Å². The molecule has 5 nitrogen and oxygen atoms in total. The van der Waals surface area contributed by atoms with Crippen LogP contribution in [0.15, 0.2) is 113 Å². The number of nitrogens with one attached hydrogen (secondary N) is 2. The number of thiazole rings is 1. The Morgan fingerprint density at radius 2 is 1.62 bits per heavy atom. The van der Waals surface area contributed by atoms with E-state index < -0.39 is 5.25 Å². The summed E-state index contributed by atoms with van der Waals surface area (Å²) in [7, 11) is 0. The Labute approximate surface area is 240 Å². The number of benzene rings is 4. The van der Waals surface area contributed by atoms with Crippen LogP contribution in [-0.4, -0.2) is 16.8 Å². The molecule has 4 aromatic carbocycles. The fourth-order valence-corrected chi connectivity index (χ4v) is 5.78. The van der Waals surface area contributed by atoms with Crippen LogP contribution in [0.25, 0.3) is 11.3 Å². The second-order valence-corrected chi connectivity index (χ2v) is 11.3. The molecule has 1 heterocycles. The molecular weight excluding hydrogens is 546 g/mol. The second-order valence-electron chi connectivity index (χ2n) is 8.79. The molecular formula is C31H24ClN3O2S2. The molecule has 2 amide bonds. The Morgan fingerprint density at radius 1 is 0.872 bits per heavy atom. The fourth-order valence-electron chi connectivity index (χ4n) is 3.85. The summed E-state index contributed by atoms with van der Waals surface area (Å²) in [5.74, 6) is -0.368. The first-order chi connectivity index (χ1) is 18.9. The van der Waals surface area contributed by atoms with Gasteiger partial charge in [0.1, 0.15) is 5.25 Å². The molecule has 0 aliphatic heterocycles. The number of carbonyl (C=O) groups excluding carboxylic acids is 2. The van der Waals surface area contributed by atoms with Crippen LogP contribution in [0.2, 0.25) is 5.02 Å². The van der Waals surface area contributed by atoms with Crippen molar-refractivity contribution in [2.45, 2.75) is 17.1 Å². The number of thioether (sulfide) groups is 1. The molecule has 8 heteroatoms. The lowest BCUT2D eigenvalue weighted by Gasteiger charge is -2.17. The quantitative estimate of drug-likeness (QED) is 0.184. The van der Waals surface area contributed by atoms with Crippen molar-refractivity contribution in [3.05, 3.63) is 130 Å². The van der Waals surface area contributed by atoms with Crippen LogP contribution in [0.1, 0.15) is 26.7 Å². The number of hydrogen-bond acceptors (Lipinski definition) is 5. The van der Waals surface area contributed by atoms with Gasteiger partial charge in [0.15, 0.2) is 5.13 Å². The molecule has 0 fully saturated rings. The van der Waals surface area contributed by atoms with Crippen LogP contribution in [0.3, 0.4) is 0 Å². The molecule has 1 unspecified atom stereocenters. The number of hydrogen-bond donors (Lipinski definition) is 2. The zero-order valence-electron chi connectivity index (χ0n) is 20.9. The fraction of sp³-hybridized carbons (Fsp3) is 0.0645. The van der Waals surface area contributed by atoms with Crippen molar-refractivity contribution in [1.82, 2.24) is 4.98 Å². The van der Waals surface area contributed by atoms with E-state index in [-0.39, 0.29) is 11.8 Å². The number of anilines is 2. The van der Waals surface area contributed by atoms with Crippen molar-refractivity contribution in [3.8, 4) is 11.3 Å². The number of rotatable bonds is 8. The highest BCUT2D eigenvalue weighted by Crippen LogP contribution is 2.38. The number of amides is 2. The Hall–Kier alpha value is -3.91. The number of nitrogens with zero attached hydrogens (tertiary/aromatic N) is 1. The molecule has 0 spiro atoms. The maximum absolute atomic E-state index is 13.5. The lowest BCUT2D eigenvalue weighted by atomic mass is 10.1. The molecule has 5 rings (SSSR count). The van der Waals surface area contributed by atoms with Gasteiger partial charge >= 0.3 is 0 Å². The van der Waals surface area contributed by atoms with E-state index in [1.54, 1.807) is 12.1 Å². The molecule has 0 aliphatic rings. The molecule has 1 aromatic heterocycles. The summed E-state index contributed by atoms with van der Waals surface area (Å²) in [6, 6.07) is 32.0. The van der Waals surface area contributed by atoms with Gasteiger partial charge < -0.3 is 10.6 Å². The number of carbonyl (C=O) groups is 2. The SMILES string of the molecule is Cc1ccc(C(=O)Nc2cccc(SC(C(=O)Nc3nc(-c4ccc(Cl)cc4)cs3)c3ccccc3)c2)cc1. The maximum atomic E-state index is 13.5. The van der Waals surface area contributed by atoms with E-state index in [0.717, 1.165) is 27.3 Å². The molecule has 194 valence electrons. The topological polar surface area (TPSA) is 71.1 Å². The zero-order chi connectivity index (χ0) is 27.2. The van der Waals surface area contributed by atoms with Crippen molar-refractivity contribution in [3.63, 3.8) is 0 Å². The molecule has 1 atom stereocenters. The molecule has 5 aromatic rings. The van der Waals surface area contributed by atoms with Gasteiger partial charge in [-0.05, 0) is 55.0 Å². The highest BCUT2D eigenvalue weighted by atomic mass is 35.5. The molecule has 0 saturated carbocycles. The summed E-state index contributed by atoms with van der Waals surface area (Å²) in [6.07, 6.45) is 0. The molecule has 39 heavy (non-hydrogen) atoms. The van der Waals surface area contributed by atoms with E-state index >= 15 is 0 Å². The van der Waals surface area contributed by atoms with Crippen molar-refractivity contribution in [1.29, 1.82) is 0 Å². The van der Waals surface area contributed by atoms with Crippen molar-refractivity contribution in [2.75, 3.05) is 10.6 Å². The van der Waals surface area contributed by atoms with Crippen LogP contribution >= 0.6 is 34.7 Å². The van der Waals surface area contributed by atoms with Crippen LogP contribution in [0.4, 0.5) is 10.8 Å². The Balaban J connectivity index is 1.33. The minimum Gasteiger partial charge on any atom is -0.322 e. The molecule has 0 saturated heterocycles. The monoisotopic (exact) mass is 569 g/mol. The zero-order valence-corrected chi connectivity index (χ0v) is 23.3. The molecule has 0 bridgehead atoms. The lowest BCUT2D eigenvalue weighted by Crippen LogP contribution is -2.19.